The van der Waals surface area contributed by atoms with Gasteiger partial charge in [-0.3, -0.25) is 0 Å². The summed E-state index contributed by atoms with van der Waals surface area (Å²) in [6.45, 7) is 20.9. The van der Waals surface area contributed by atoms with Gasteiger partial charge in [0.2, 0.25) is 0 Å². The lowest BCUT2D eigenvalue weighted by molar-refractivity contribution is 0.518. The molecule has 3 aromatic rings. The smallest absolute Gasteiger partial charge is 0.0750 e. The SMILES string of the molecule is CCc1cc(CC)cc([Si]([C]2C=CC(C(C)(C)C)=C2)(c2cc(CC)cc(CC)c2)c2cc(CC)cc(CC)c2)c1. The van der Waals surface area contributed by atoms with Crippen molar-refractivity contribution < 1.29 is 0 Å². The molecule has 0 aliphatic heterocycles. The molecule has 0 aromatic heterocycles. The predicted octanol–water partition coefficient (Wildman–Crippen LogP) is 8.19. The number of allylic oxidation sites excluding steroid dienone is 4. The van der Waals surface area contributed by atoms with Crippen molar-refractivity contribution in [2.45, 2.75) is 101 Å². The van der Waals surface area contributed by atoms with Crippen molar-refractivity contribution in [3.05, 3.63) is 117 Å². The molecule has 0 saturated heterocycles. The lowest BCUT2D eigenvalue weighted by atomic mass is 9.87. The van der Waals surface area contributed by atoms with Crippen LogP contribution in [0.4, 0.5) is 0 Å². The molecule has 0 amide bonds. The van der Waals surface area contributed by atoms with Crippen molar-refractivity contribution in [1.29, 1.82) is 0 Å². The highest BCUT2D eigenvalue weighted by Gasteiger charge is 2.47. The summed E-state index contributed by atoms with van der Waals surface area (Å²) in [5.74, 6) is 0. The van der Waals surface area contributed by atoms with Gasteiger partial charge in [-0.15, -0.1) is 0 Å². The molecule has 1 aliphatic rings. The van der Waals surface area contributed by atoms with E-state index in [1.165, 1.54) is 44.5 Å². The Bertz CT molecular complexity index is 1190. The normalized spacial score (nSPS) is 14.2. The lowest BCUT2D eigenvalue weighted by Gasteiger charge is -2.39. The maximum atomic E-state index is 2.57. The van der Waals surface area contributed by atoms with E-state index in [1.807, 2.05) is 0 Å². The van der Waals surface area contributed by atoms with E-state index in [9.17, 15) is 0 Å². The van der Waals surface area contributed by atoms with E-state index in [-0.39, 0.29) is 5.41 Å². The van der Waals surface area contributed by atoms with Crippen LogP contribution in [-0.2, 0) is 38.5 Å². The predicted molar refractivity (Wildman–Crippen MR) is 180 cm³/mol. The quantitative estimate of drug-likeness (QED) is 0.177. The van der Waals surface area contributed by atoms with Crippen LogP contribution in [0.5, 0.6) is 0 Å². The Labute approximate surface area is 246 Å². The zero-order valence-corrected chi connectivity index (χ0v) is 27.7. The van der Waals surface area contributed by atoms with Crippen LogP contribution in [0, 0.1) is 11.0 Å². The molecule has 0 nitrogen and oxygen atoms in total. The van der Waals surface area contributed by atoms with Crippen molar-refractivity contribution in [2.75, 3.05) is 0 Å². The van der Waals surface area contributed by atoms with E-state index in [0.717, 1.165) is 38.5 Å². The lowest BCUT2D eigenvalue weighted by Crippen LogP contribution is -2.70. The standard InChI is InChI=1S/C39H51Si/c1-10-28-18-29(11-2)22-36(21-28)40(35-17-16-34(27-35)39(7,8)9,37-23-30(12-3)19-31(13-4)24-37)38-25-32(14-5)20-33(15-6)26-38/h16-27H,10-15H2,1-9H3. The van der Waals surface area contributed by atoms with Gasteiger partial charge in [-0.25, -0.2) is 0 Å². The van der Waals surface area contributed by atoms with Crippen LogP contribution >= 0.6 is 0 Å². The molecule has 0 atom stereocenters. The molecule has 1 radical (unpaired) electrons. The summed E-state index contributed by atoms with van der Waals surface area (Å²) in [5, 5.41) is 4.63. The van der Waals surface area contributed by atoms with E-state index in [0.29, 0.717) is 0 Å². The van der Waals surface area contributed by atoms with Gasteiger partial charge in [0.15, 0.2) is 8.07 Å². The third-order valence-electron chi connectivity index (χ3n) is 8.96. The topological polar surface area (TPSA) is 0 Å². The minimum Gasteiger partial charge on any atom is -0.0750 e. The Balaban J connectivity index is 2.23. The summed E-state index contributed by atoms with van der Waals surface area (Å²) in [6, 6.07) is 22.8. The highest BCUT2D eigenvalue weighted by Crippen LogP contribution is 2.37. The third kappa shape index (κ3) is 5.86. The fourth-order valence-electron chi connectivity index (χ4n) is 6.31. The summed E-state index contributed by atoms with van der Waals surface area (Å²) in [7, 11) is -2.64. The minimum atomic E-state index is -2.64. The Morgan fingerprint density at radius 3 is 0.975 bits per heavy atom. The first-order valence-electron chi connectivity index (χ1n) is 15.8. The maximum Gasteiger partial charge on any atom is 0.162 e. The molecule has 0 unspecified atom stereocenters. The summed E-state index contributed by atoms with van der Waals surface area (Å²) in [6.07, 6.45) is 13.8. The van der Waals surface area contributed by atoms with Crippen LogP contribution in [0.25, 0.3) is 0 Å². The van der Waals surface area contributed by atoms with Crippen LogP contribution in [0.15, 0.2) is 78.4 Å². The second-order valence-electron chi connectivity index (χ2n) is 12.6. The molecule has 0 bridgehead atoms. The number of benzene rings is 3. The monoisotopic (exact) mass is 547 g/mol. The Kier molecular flexibility index (Phi) is 9.46. The van der Waals surface area contributed by atoms with Gasteiger partial charge in [-0.05, 0) is 98.5 Å². The van der Waals surface area contributed by atoms with Gasteiger partial charge in [-0.1, -0.05) is 135 Å². The number of aryl methyl sites for hydroxylation is 6. The Hall–Kier alpha value is -2.64. The molecule has 0 heterocycles. The van der Waals surface area contributed by atoms with Crippen LogP contribution in [0.1, 0.15) is 95.7 Å². The fraction of sp³-hybridized carbons (Fsp3) is 0.410. The van der Waals surface area contributed by atoms with Gasteiger partial charge in [0.1, 0.15) is 0 Å². The van der Waals surface area contributed by atoms with Crippen molar-refractivity contribution in [2.24, 2.45) is 5.41 Å². The first-order valence-corrected chi connectivity index (χ1v) is 17.8. The fourth-order valence-corrected chi connectivity index (χ4v) is 11.4. The molecule has 0 fully saturated rings. The molecular formula is C39H51Si. The summed E-state index contributed by atoms with van der Waals surface area (Å²) >= 11 is 0. The molecule has 0 saturated carbocycles. The molecule has 0 N–H and O–H groups in total. The second-order valence-corrected chi connectivity index (χ2v) is 16.4. The van der Waals surface area contributed by atoms with Crippen LogP contribution in [0.3, 0.4) is 0 Å². The zero-order valence-electron chi connectivity index (χ0n) is 26.7. The second kappa shape index (κ2) is 12.5. The first kappa shape index (κ1) is 30.3. The van der Waals surface area contributed by atoms with Gasteiger partial charge < -0.3 is 0 Å². The van der Waals surface area contributed by atoms with Gasteiger partial charge in [0.25, 0.3) is 0 Å². The van der Waals surface area contributed by atoms with Gasteiger partial charge in [-0.2, -0.15) is 0 Å². The van der Waals surface area contributed by atoms with Gasteiger partial charge in [0, 0.05) is 5.54 Å². The highest BCUT2D eigenvalue weighted by molar-refractivity contribution is 7.15. The van der Waals surface area contributed by atoms with Crippen molar-refractivity contribution in [3.8, 4) is 0 Å². The molecule has 1 aliphatic carbocycles. The average Bonchev–Trinajstić information content (AvgIpc) is 3.48. The Morgan fingerprint density at radius 1 is 0.450 bits per heavy atom. The molecule has 0 spiro atoms. The number of hydrogen-bond donors (Lipinski definition) is 0. The minimum absolute atomic E-state index is 0.109. The van der Waals surface area contributed by atoms with Crippen molar-refractivity contribution >= 4 is 23.6 Å². The van der Waals surface area contributed by atoms with E-state index < -0.39 is 8.07 Å². The average molecular weight is 548 g/mol. The highest BCUT2D eigenvalue weighted by atomic mass is 28.3. The molecule has 211 valence electrons. The number of hydrogen-bond acceptors (Lipinski definition) is 0. The van der Waals surface area contributed by atoms with Crippen LogP contribution < -0.4 is 15.6 Å². The van der Waals surface area contributed by atoms with Crippen LogP contribution in [0.2, 0.25) is 0 Å². The summed E-state index contributed by atoms with van der Waals surface area (Å²) in [5.41, 5.74) is 11.8. The van der Waals surface area contributed by atoms with Crippen LogP contribution in [-0.4, -0.2) is 8.07 Å². The van der Waals surface area contributed by atoms with E-state index in [4.69, 9.17) is 0 Å². The Morgan fingerprint density at radius 2 is 0.750 bits per heavy atom. The maximum absolute atomic E-state index is 2.64. The summed E-state index contributed by atoms with van der Waals surface area (Å²) in [4.78, 5) is 0. The number of rotatable bonds is 10. The molecule has 1 heteroatoms. The zero-order chi connectivity index (χ0) is 29.1. The molecule has 3 aromatic carbocycles. The van der Waals surface area contributed by atoms with E-state index in [1.54, 1.807) is 15.6 Å². The largest absolute Gasteiger partial charge is 0.162 e. The first-order chi connectivity index (χ1) is 19.1. The van der Waals surface area contributed by atoms with Crippen molar-refractivity contribution in [1.82, 2.24) is 0 Å². The van der Waals surface area contributed by atoms with Crippen molar-refractivity contribution in [3.63, 3.8) is 0 Å². The van der Waals surface area contributed by atoms with Gasteiger partial charge >= 0.3 is 0 Å². The van der Waals surface area contributed by atoms with E-state index in [2.05, 4.69) is 135 Å². The molecule has 4 rings (SSSR count). The third-order valence-corrected chi connectivity index (χ3v) is 13.6. The van der Waals surface area contributed by atoms with E-state index >= 15 is 0 Å². The van der Waals surface area contributed by atoms with Gasteiger partial charge in [0.05, 0.1) is 0 Å². The molecular weight excluding hydrogens is 497 g/mol. The summed E-state index contributed by atoms with van der Waals surface area (Å²) < 4.78 is 0. The molecule has 40 heavy (non-hydrogen) atoms.